The minimum absolute atomic E-state index is 0.209. The van der Waals surface area contributed by atoms with Gasteiger partial charge in [0.15, 0.2) is 0 Å². The van der Waals surface area contributed by atoms with E-state index < -0.39 is 5.97 Å². The van der Waals surface area contributed by atoms with Crippen LogP contribution in [-0.2, 0) is 11.3 Å². The second kappa shape index (κ2) is 11.0. The zero-order valence-electron chi connectivity index (χ0n) is 20.6. The number of aromatic amines is 1. The number of carbonyl (C=O) groups is 1. The van der Waals surface area contributed by atoms with Crippen LogP contribution in [0.3, 0.4) is 0 Å². The Hall–Kier alpha value is -3.52. The summed E-state index contributed by atoms with van der Waals surface area (Å²) in [6.07, 6.45) is 1.12. The van der Waals surface area contributed by atoms with Crippen molar-refractivity contribution in [3.8, 4) is 22.3 Å². The minimum atomic E-state index is -0.976. The van der Waals surface area contributed by atoms with Gasteiger partial charge in [-0.3, -0.25) is 4.90 Å². The number of aromatic carboxylic acids is 1. The number of aryl methyl sites for hydroxylation is 1. The summed E-state index contributed by atoms with van der Waals surface area (Å²) in [5.74, 6) is -0.275. The number of nitrogens with one attached hydrogen (secondary N) is 2. The summed E-state index contributed by atoms with van der Waals surface area (Å²) in [5.41, 5.74) is 6.86. The van der Waals surface area contributed by atoms with Gasteiger partial charge in [-0.1, -0.05) is 48.5 Å². The van der Waals surface area contributed by atoms with E-state index in [9.17, 15) is 9.90 Å². The lowest BCUT2D eigenvalue weighted by Crippen LogP contribution is -2.37. The second-order valence-electron chi connectivity index (χ2n) is 9.27. The maximum Gasteiger partial charge on any atom is 0.337 e. The van der Waals surface area contributed by atoms with Crippen LogP contribution in [0.1, 0.15) is 28.2 Å². The van der Waals surface area contributed by atoms with Crippen molar-refractivity contribution in [1.82, 2.24) is 20.2 Å². The average Bonchev–Trinajstić information content (AvgIpc) is 3.29. The molecule has 5 rings (SSSR count). The molecule has 0 unspecified atom stereocenters. The summed E-state index contributed by atoms with van der Waals surface area (Å²) in [6, 6.07) is 20.5. The summed E-state index contributed by atoms with van der Waals surface area (Å²) in [7, 11) is 0. The summed E-state index contributed by atoms with van der Waals surface area (Å²) < 4.78 is 5.42. The topological polar surface area (TPSA) is 90.5 Å². The number of aromatic nitrogens is 2. The number of hydrogen-bond donors (Lipinski definition) is 3. The molecular weight excluding hydrogens is 452 g/mol. The fraction of sp³-hybridized carbons (Fsp3) is 0.310. The lowest BCUT2D eigenvalue weighted by atomic mass is 9.96. The third-order valence-electron chi connectivity index (χ3n) is 6.73. The molecular formula is C29H32N4O3. The highest BCUT2D eigenvalue weighted by Crippen LogP contribution is 2.30. The third-order valence-corrected chi connectivity index (χ3v) is 6.73. The van der Waals surface area contributed by atoms with Gasteiger partial charge < -0.3 is 20.1 Å². The van der Waals surface area contributed by atoms with Crippen molar-refractivity contribution in [2.45, 2.75) is 19.9 Å². The van der Waals surface area contributed by atoms with E-state index >= 15 is 0 Å². The molecule has 2 heterocycles. The van der Waals surface area contributed by atoms with Crippen LogP contribution in [0.25, 0.3) is 33.3 Å². The molecule has 1 aromatic heterocycles. The Bertz CT molecular complexity index is 1340. The van der Waals surface area contributed by atoms with Gasteiger partial charge in [0.05, 0.1) is 24.3 Å². The van der Waals surface area contributed by atoms with Gasteiger partial charge in [-0.25, -0.2) is 9.78 Å². The van der Waals surface area contributed by atoms with Crippen molar-refractivity contribution in [3.05, 3.63) is 77.6 Å². The Labute approximate surface area is 211 Å². The summed E-state index contributed by atoms with van der Waals surface area (Å²) in [5, 5.41) is 13.3. The number of carboxylic acids is 1. The molecule has 1 aliphatic heterocycles. The Balaban J connectivity index is 1.28. The monoisotopic (exact) mass is 484 g/mol. The smallest absolute Gasteiger partial charge is 0.337 e. The number of rotatable bonds is 9. The number of morpholine rings is 1. The Morgan fingerprint density at radius 3 is 2.58 bits per heavy atom. The van der Waals surface area contributed by atoms with Crippen LogP contribution in [0, 0.1) is 6.92 Å². The van der Waals surface area contributed by atoms with E-state index in [0.29, 0.717) is 11.3 Å². The molecule has 0 bridgehead atoms. The quantitative estimate of drug-likeness (QED) is 0.298. The number of carboxylic acid groups (broad SMARTS) is 1. The molecule has 7 heteroatoms. The van der Waals surface area contributed by atoms with Crippen molar-refractivity contribution in [2.24, 2.45) is 0 Å². The lowest BCUT2D eigenvalue weighted by molar-refractivity contribution is 0.0374. The fourth-order valence-corrected chi connectivity index (χ4v) is 4.84. The van der Waals surface area contributed by atoms with Crippen LogP contribution in [0.2, 0.25) is 0 Å². The predicted molar refractivity (Wildman–Crippen MR) is 142 cm³/mol. The van der Waals surface area contributed by atoms with Crippen LogP contribution in [0.15, 0.2) is 60.7 Å². The molecule has 0 radical (unpaired) electrons. The number of nitrogens with zero attached hydrogens (tertiary/aromatic N) is 2. The first-order chi connectivity index (χ1) is 17.6. The molecule has 1 aliphatic rings. The highest BCUT2D eigenvalue weighted by Gasteiger charge is 2.15. The SMILES string of the molecule is Cc1nc2c(C(=O)O)cc(-c3ccc(-c4ccccc4CNCCCN4CCOCC4)cc3)cc2[nH]1. The van der Waals surface area contributed by atoms with Crippen molar-refractivity contribution >= 4 is 17.0 Å². The molecule has 3 N–H and O–H groups in total. The molecule has 0 spiro atoms. The maximum atomic E-state index is 11.8. The number of fused-ring (bicyclic) bond motifs is 1. The Kier molecular flexibility index (Phi) is 7.41. The van der Waals surface area contributed by atoms with Crippen molar-refractivity contribution in [3.63, 3.8) is 0 Å². The van der Waals surface area contributed by atoms with Gasteiger partial charge in [-0.15, -0.1) is 0 Å². The van der Waals surface area contributed by atoms with Gasteiger partial charge in [0.1, 0.15) is 11.3 Å². The second-order valence-corrected chi connectivity index (χ2v) is 9.27. The van der Waals surface area contributed by atoms with Crippen LogP contribution in [0.4, 0.5) is 0 Å². The first-order valence-electron chi connectivity index (χ1n) is 12.5. The van der Waals surface area contributed by atoms with E-state index in [0.717, 1.165) is 74.6 Å². The van der Waals surface area contributed by atoms with Crippen LogP contribution in [-0.4, -0.2) is 65.3 Å². The zero-order chi connectivity index (χ0) is 24.9. The van der Waals surface area contributed by atoms with Crippen LogP contribution in [0.5, 0.6) is 0 Å². The van der Waals surface area contributed by atoms with E-state index in [2.05, 4.69) is 68.7 Å². The van der Waals surface area contributed by atoms with Gasteiger partial charge in [-0.05, 0) is 66.4 Å². The Morgan fingerprint density at radius 2 is 1.81 bits per heavy atom. The van der Waals surface area contributed by atoms with Crippen molar-refractivity contribution < 1.29 is 14.6 Å². The predicted octanol–water partition coefficient (Wildman–Crippen LogP) is 4.72. The van der Waals surface area contributed by atoms with Gasteiger partial charge in [0, 0.05) is 19.6 Å². The number of imidazole rings is 1. The van der Waals surface area contributed by atoms with E-state index in [-0.39, 0.29) is 5.56 Å². The van der Waals surface area contributed by atoms with Gasteiger partial charge >= 0.3 is 5.97 Å². The lowest BCUT2D eigenvalue weighted by Gasteiger charge is -2.26. The molecule has 0 saturated carbocycles. The number of ether oxygens (including phenoxy) is 1. The minimum Gasteiger partial charge on any atom is -0.478 e. The third kappa shape index (κ3) is 5.49. The standard InChI is InChI=1S/C29H32N4O3/c1-20-31-27-18-24(17-26(29(34)35)28(27)32-20)21-7-9-22(10-8-21)25-6-3-2-5-23(25)19-30-11-4-12-33-13-15-36-16-14-33/h2-3,5-10,17-18,30H,4,11-16,19H2,1H3,(H,31,32)(H,34,35). The molecule has 1 fully saturated rings. The highest BCUT2D eigenvalue weighted by molar-refractivity contribution is 6.03. The molecule has 0 atom stereocenters. The van der Waals surface area contributed by atoms with Crippen LogP contribution >= 0.6 is 0 Å². The molecule has 3 aromatic carbocycles. The Morgan fingerprint density at radius 1 is 1.06 bits per heavy atom. The molecule has 0 aliphatic carbocycles. The average molecular weight is 485 g/mol. The fourth-order valence-electron chi connectivity index (χ4n) is 4.84. The molecule has 1 saturated heterocycles. The molecule has 186 valence electrons. The summed E-state index contributed by atoms with van der Waals surface area (Å²) in [6.45, 7) is 8.49. The molecule has 4 aromatic rings. The summed E-state index contributed by atoms with van der Waals surface area (Å²) in [4.78, 5) is 21.8. The largest absolute Gasteiger partial charge is 0.478 e. The first-order valence-corrected chi connectivity index (χ1v) is 12.5. The van der Waals surface area contributed by atoms with Crippen LogP contribution < -0.4 is 5.32 Å². The van der Waals surface area contributed by atoms with Crippen molar-refractivity contribution in [2.75, 3.05) is 39.4 Å². The van der Waals surface area contributed by atoms with Gasteiger partial charge in [0.25, 0.3) is 0 Å². The van der Waals surface area contributed by atoms with E-state index in [4.69, 9.17) is 4.74 Å². The normalized spacial score (nSPS) is 14.4. The molecule has 7 nitrogen and oxygen atoms in total. The van der Waals surface area contributed by atoms with Gasteiger partial charge in [-0.2, -0.15) is 0 Å². The number of H-pyrrole nitrogens is 1. The number of benzene rings is 3. The number of hydrogen-bond acceptors (Lipinski definition) is 5. The van der Waals surface area contributed by atoms with Crippen molar-refractivity contribution in [1.29, 1.82) is 0 Å². The summed E-state index contributed by atoms with van der Waals surface area (Å²) >= 11 is 0. The van der Waals surface area contributed by atoms with E-state index in [1.807, 2.05) is 13.0 Å². The highest BCUT2D eigenvalue weighted by atomic mass is 16.5. The van der Waals surface area contributed by atoms with E-state index in [1.54, 1.807) is 6.07 Å². The van der Waals surface area contributed by atoms with E-state index in [1.165, 1.54) is 11.1 Å². The molecule has 36 heavy (non-hydrogen) atoms. The van der Waals surface area contributed by atoms with Gasteiger partial charge in [0.2, 0.25) is 0 Å². The molecule has 0 amide bonds. The maximum absolute atomic E-state index is 11.8. The first kappa shape index (κ1) is 24.2. The zero-order valence-corrected chi connectivity index (χ0v) is 20.6.